The maximum atomic E-state index is 12.9. The number of aromatic nitrogens is 2. The molecule has 0 spiro atoms. The number of rotatable bonds is 4. The second-order valence-electron chi connectivity index (χ2n) is 6.77. The zero-order valence-electron chi connectivity index (χ0n) is 15.2. The Hall–Kier alpha value is -2.38. The van der Waals surface area contributed by atoms with Crippen LogP contribution in [0.1, 0.15) is 34.6 Å². The van der Waals surface area contributed by atoms with Crippen molar-refractivity contribution in [3.63, 3.8) is 0 Å². The van der Waals surface area contributed by atoms with Crippen molar-refractivity contribution in [2.75, 3.05) is 5.32 Å². The summed E-state index contributed by atoms with van der Waals surface area (Å²) in [6.45, 7) is 2.05. The standard InChI is InChI=1S/C21H18BrN3O2S/c1-12-4-2-5-13(8-12)11-28-21-24-19-18(20(27)25-21)16(10-17(26)23-19)14-6-3-7-15(22)9-14/h2-9,16H,10-11H2,1H3,(H2,23,24,25,26,27). The van der Waals surface area contributed by atoms with Gasteiger partial charge in [-0.25, -0.2) is 4.98 Å². The van der Waals surface area contributed by atoms with Crippen molar-refractivity contribution in [2.24, 2.45) is 0 Å². The lowest BCUT2D eigenvalue weighted by molar-refractivity contribution is -0.116. The first-order chi connectivity index (χ1) is 13.5. The maximum Gasteiger partial charge on any atom is 0.257 e. The fourth-order valence-electron chi connectivity index (χ4n) is 3.38. The van der Waals surface area contributed by atoms with Crippen molar-refractivity contribution in [1.29, 1.82) is 0 Å². The normalized spacial score (nSPS) is 15.8. The van der Waals surface area contributed by atoms with Crippen LogP contribution in [0.5, 0.6) is 0 Å². The van der Waals surface area contributed by atoms with E-state index in [4.69, 9.17) is 0 Å². The van der Waals surface area contributed by atoms with E-state index in [-0.39, 0.29) is 23.8 Å². The third-order valence-corrected chi connectivity index (χ3v) is 6.08. The van der Waals surface area contributed by atoms with Gasteiger partial charge in [-0.15, -0.1) is 0 Å². The topological polar surface area (TPSA) is 74.8 Å². The number of aromatic amines is 1. The zero-order chi connectivity index (χ0) is 19.7. The van der Waals surface area contributed by atoms with Gasteiger partial charge in [0.25, 0.3) is 5.56 Å². The summed E-state index contributed by atoms with van der Waals surface area (Å²) in [6.07, 6.45) is 0.226. The van der Waals surface area contributed by atoms with E-state index in [0.29, 0.717) is 22.3 Å². The quantitative estimate of drug-likeness (QED) is 0.444. The number of carbonyl (C=O) groups is 1. The smallest absolute Gasteiger partial charge is 0.257 e. The van der Waals surface area contributed by atoms with Gasteiger partial charge in [0.1, 0.15) is 5.82 Å². The predicted octanol–water partition coefficient (Wildman–Crippen LogP) is 4.61. The van der Waals surface area contributed by atoms with Crippen molar-refractivity contribution in [2.45, 2.75) is 30.2 Å². The van der Waals surface area contributed by atoms with Gasteiger partial charge in [0, 0.05) is 22.6 Å². The molecule has 3 aromatic rings. The van der Waals surface area contributed by atoms with Crippen LogP contribution in [0.15, 0.2) is 63.0 Å². The molecule has 1 unspecified atom stereocenters. The molecule has 28 heavy (non-hydrogen) atoms. The first-order valence-corrected chi connectivity index (χ1v) is 10.7. The minimum Gasteiger partial charge on any atom is -0.310 e. The van der Waals surface area contributed by atoms with Crippen LogP contribution in [0.3, 0.4) is 0 Å². The minimum absolute atomic E-state index is 0.134. The number of benzene rings is 2. The van der Waals surface area contributed by atoms with Crippen LogP contribution >= 0.6 is 27.7 Å². The molecule has 0 fully saturated rings. The monoisotopic (exact) mass is 455 g/mol. The zero-order valence-corrected chi connectivity index (χ0v) is 17.6. The van der Waals surface area contributed by atoms with E-state index >= 15 is 0 Å². The van der Waals surface area contributed by atoms with Crippen LogP contribution in [0, 0.1) is 6.92 Å². The molecule has 7 heteroatoms. The lowest BCUT2D eigenvalue weighted by atomic mass is 9.87. The molecule has 2 heterocycles. The molecule has 0 radical (unpaired) electrons. The Kier molecular flexibility index (Phi) is 5.37. The number of nitrogens with zero attached hydrogens (tertiary/aromatic N) is 1. The lowest BCUT2D eigenvalue weighted by Gasteiger charge is -2.24. The highest BCUT2D eigenvalue weighted by atomic mass is 79.9. The van der Waals surface area contributed by atoms with Gasteiger partial charge >= 0.3 is 0 Å². The molecule has 0 saturated carbocycles. The SMILES string of the molecule is Cc1cccc(CSc2nc3c(c(=O)[nH]2)C(c2cccc(Br)c2)CC(=O)N3)c1. The number of amides is 1. The minimum atomic E-state index is -0.312. The number of hydrogen-bond donors (Lipinski definition) is 2. The highest BCUT2D eigenvalue weighted by Gasteiger charge is 2.31. The molecule has 0 aliphatic carbocycles. The number of anilines is 1. The van der Waals surface area contributed by atoms with E-state index in [2.05, 4.69) is 37.3 Å². The van der Waals surface area contributed by atoms with E-state index in [1.165, 1.54) is 17.3 Å². The first-order valence-electron chi connectivity index (χ1n) is 8.87. The van der Waals surface area contributed by atoms with Crippen LogP contribution in [-0.2, 0) is 10.5 Å². The summed E-state index contributed by atoms with van der Waals surface area (Å²) in [6, 6.07) is 15.9. The summed E-state index contributed by atoms with van der Waals surface area (Å²) < 4.78 is 0.909. The molecule has 1 aliphatic heterocycles. The average Bonchev–Trinajstić information content (AvgIpc) is 2.65. The molecule has 0 saturated heterocycles. The summed E-state index contributed by atoms with van der Waals surface area (Å²) in [4.78, 5) is 32.5. The van der Waals surface area contributed by atoms with Crippen LogP contribution in [0.25, 0.3) is 0 Å². The van der Waals surface area contributed by atoms with E-state index in [1.54, 1.807) is 0 Å². The fraction of sp³-hybridized carbons (Fsp3) is 0.190. The first kappa shape index (κ1) is 19.0. The van der Waals surface area contributed by atoms with E-state index in [1.807, 2.05) is 49.4 Å². The largest absolute Gasteiger partial charge is 0.310 e. The third kappa shape index (κ3) is 4.05. The van der Waals surface area contributed by atoms with E-state index in [0.717, 1.165) is 15.6 Å². The van der Waals surface area contributed by atoms with Crippen LogP contribution < -0.4 is 10.9 Å². The number of nitrogens with one attached hydrogen (secondary N) is 2. The van der Waals surface area contributed by atoms with Crippen molar-refractivity contribution < 1.29 is 4.79 Å². The predicted molar refractivity (Wildman–Crippen MR) is 115 cm³/mol. The number of carbonyl (C=O) groups excluding carboxylic acids is 1. The molecule has 1 aliphatic rings. The molecule has 142 valence electrons. The second kappa shape index (κ2) is 7.93. The Labute approximate surface area is 175 Å². The van der Waals surface area contributed by atoms with Crippen LogP contribution in [-0.4, -0.2) is 15.9 Å². The van der Waals surface area contributed by atoms with E-state index < -0.39 is 0 Å². The Morgan fingerprint density at radius 1 is 1.18 bits per heavy atom. The molecule has 1 atom stereocenters. The number of thioether (sulfide) groups is 1. The number of fused-ring (bicyclic) bond motifs is 1. The molecule has 4 rings (SSSR count). The Morgan fingerprint density at radius 3 is 2.79 bits per heavy atom. The highest BCUT2D eigenvalue weighted by molar-refractivity contribution is 9.10. The number of hydrogen-bond acceptors (Lipinski definition) is 4. The van der Waals surface area contributed by atoms with E-state index in [9.17, 15) is 9.59 Å². The number of H-pyrrole nitrogens is 1. The molecular formula is C21H18BrN3O2S. The van der Waals surface area contributed by atoms with Crippen LogP contribution in [0.2, 0.25) is 0 Å². The number of aryl methyl sites for hydroxylation is 1. The van der Waals surface area contributed by atoms with Gasteiger partial charge in [0.15, 0.2) is 5.16 Å². The second-order valence-corrected chi connectivity index (χ2v) is 8.65. The molecule has 1 aromatic heterocycles. The molecule has 2 aromatic carbocycles. The van der Waals surface area contributed by atoms with Gasteiger partial charge < -0.3 is 10.3 Å². The van der Waals surface area contributed by atoms with Gasteiger partial charge in [0.2, 0.25) is 5.91 Å². The van der Waals surface area contributed by atoms with Gasteiger partial charge in [-0.05, 0) is 30.2 Å². The Morgan fingerprint density at radius 2 is 2.00 bits per heavy atom. The Bertz CT molecular complexity index is 1110. The summed E-state index contributed by atoms with van der Waals surface area (Å²) >= 11 is 4.90. The van der Waals surface area contributed by atoms with Crippen molar-refractivity contribution >= 4 is 39.4 Å². The molecule has 1 amide bonds. The summed E-state index contributed by atoms with van der Waals surface area (Å²) in [5, 5.41) is 3.27. The third-order valence-electron chi connectivity index (χ3n) is 4.64. The van der Waals surface area contributed by atoms with Gasteiger partial charge in [-0.2, -0.15) is 0 Å². The summed E-state index contributed by atoms with van der Waals surface area (Å²) in [5.41, 5.74) is 3.56. The molecule has 5 nitrogen and oxygen atoms in total. The average molecular weight is 456 g/mol. The fourth-order valence-corrected chi connectivity index (χ4v) is 4.60. The van der Waals surface area contributed by atoms with Crippen molar-refractivity contribution in [1.82, 2.24) is 9.97 Å². The van der Waals surface area contributed by atoms with Crippen molar-refractivity contribution in [3.8, 4) is 0 Å². The number of halogens is 1. The summed E-state index contributed by atoms with van der Waals surface area (Å²) in [7, 11) is 0. The maximum absolute atomic E-state index is 12.9. The van der Waals surface area contributed by atoms with Gasteiger partial charge in [-0.1, -0.05) is 69.7 Å². The van der Waals surface area contributed by atoms with Crippen LogP contribution in [0.4, 0.5) is 5.82 Å². The van der Waals surface area contributed by atoms with Crippen molar-refractivity contribution in [3.05, 3.63) is 85.6 Å². The molecular weight excluding hydrogens is 438 g/mol. The molecule has 2 N–H and O–H groups in total. The Balaban J connectivity index is 1.66. The summed E-state index contributed by atoms with van der Waals surface area (Å²) in [5.74, 6) is 0.599. The van der Waals surface area contributed by atoms with Gasteiger partial charge in [0.05, 0.1) is 5.56 Å². The highest BCUT2D eigenvalue weighted by Crippen LogP contribution is 2.35. The van der Waals surface area contributed by atoms with Gasteiger partial charge in [-0.3, -0.25) is 9.59 Å². The lowest BCUT2D eigenvalue weighted by Crippen LogP contribution is -2.31. The molecule has 0 bridgehead atoms.